The molecule has 2 heterocycles. The lowest BCUT2D eigenvalue weighted by Gasteiger charge is -2.12. The third-order valence-electron chi connectivity index (χ3n) is 4.33. The van der Waals surface area contributed by atoms with Gasteiger partial charge in [0.2, 0.25) is 5.95 Å². The molecule has 1 aliphatic rings. The second-order valence-electron chi connectivity index (χ2n) is 6.44. The van der Waals surface area contributed by atoms with Gasteiger partial charge < -0.3 is 16.4 Å². The van der Waals surface area contributed by atoms with Gasteiger partial charge in [-0.2, -0.15) is 10.1 Å². The summed E-state index contributed by atoms with van der Waals surface area (Å²) in [7, 11) is 0. The van der Waals surface area contributed by atoms with Crippen molar-refractivity contribution >= 4 is 23.4 Å². The summed E-state index contributed by atoms with van der Waals surface area (Å²) in [5.41, 5.74) is 5.87. The number of carbonyl (C=O) groups excluding carboxylic acids is 1. The number of carbonyl (C=O) groups is 1. The highest BCUT2D eigenvalue weighted by atomic mass is 19.1. The second kappa shape index (κ2) is 7.22. The van der Waals surface area contributed by atoms with E-state index >= 15 is 0 Å². The zero-order valence-corrected chi connectivity index (χ0v) is 14.7. The van der Waals surface area contributed by atoms with Crippen LogP contribution in [0.5, 0.6) is 0 Å². The lowest BCUT2D eigenvalue weighted by atomic mass is 10.2. The maximum atomic E-state index is 13.8. The van der Waals surface area contributed by atoms with Crippen LogP contribution in [0.25, 0.3) is 0 Å². The van der Waals surface area contributed by atoms with Crippen molar-refractivity contribution in [1.29, 1.82) is 0 Å². The average Bonchev–Trinajstić information content (AvgIpc) is 3.41. The van der Waals surface area contributed by atoms with Crippen LogP contribution in [0.15, 0.2) is 36.8 Å². The van der Waals surface area contributed by atoms with Crippen LogP contribution in [0.2, 0.25) is 0 Å². The van der Waals surface area contributed by atoms with E-state index in [-0.39, 0.29) is 29.4 Å². The quantitative estimate of drug-likeness (QED) is 0.577. The van der Waals surface area contributed by atoms with Gasteiger partial charge in [-0.05, 0) is 25.0 Å². The van der Waals surface area contributed by atoms with Gasteiger partial charge in [0.25, 0.3) is 5.91 Å². The Bertz CT molecular complexity index is 1010. The molecule has 4 rings (SSSR count). The molecule has 3 aromatic rings. The molecular formula is C18H17F2N7O. The molecule has 0 atom stereocenters. The van der Waals surface area contributed by atoms with Gasteiger partial charge in [0.15, 0.2) is 0 Å². The largest absolute Gasteiger partial charge is 0.365 e. The highest BCUT2D eigenvalue weighted by Crippen LogP contribution is 2.34. The van der Waals surface area contributed by atoms with Crippen LogP contribution >= 0.6 is 0 Å². The maximum Gasteiger partial charge on any atom is 0.254 e. The van der Waals surface area contributed by atoms with Crippen molar-refractivity contribution in [3.8, 4) is 0 Å². The Labute approximate surface area is 158 Å². The van der Waals surface area contributed by atoms with Gasteiger partial charge >= 0.3 is 0 Å². The number of hydrogen-bond acceptors (Lipinski definition) is 6. The summed E-state index contributed by atoms with van der Waals surface area (Å²) in [5.74, 6) is -1.90. The molecule has 4 N–H and O–H groups in total. The van der Waals surface area contributed by atoms with Gasteiger partial charge in [0.05, 0.1) is 23.5 Å². The first-order valence-electron chi connectivity index (χ1n) is 8.66. The summed E-state index contributed by atoms with van der Waals surface area (Å²) in [4.78, 5) is 19.9. The fraction of sp³-hybridized carbons (Fsp3) is 0.222. The summed E-state index contributed by atoms with van der Waals surface area (Å²) >= 11 is 0. The molecule has 0 spiro atoms. The Kier molecular flexibility index (Phi) is 4.60. The van der Waals surface area contributed by atoms with Crippen LogP contribution in [0.1, 0.15) is 34.8 Å². The third kappa shape index (κ3) is 3.75. The molecule has 0 aliphatic heterocycles. The molecule has 2 aromatic heterocycles. The van der Waals surface area contributed by atoms with E-state index in [4.69, 9.17) is 5.73 Å². The summed E-state index contributed by atoms with van der Waals surface area (Å²) in [6.45, 7) is -0.213. The Balaban J connectivity index is 1.55. The third-order valence-corrected chi connectivity index (χ3v) is 4.33. The van der Waals surface area contributed by atoms with E-state index in [1.165, 1.54) is 12.3 Å². The van der Waals surface area contributed by atoms with E-state index < -0.39 is 17.5 Å². The van der Waals surface area contributed by atoms with Gasteiger partial charge in [-0.15, -0.1) is 0 Å². The highest BCUT2D eigenvalue weighted by Gasteiger charge is 2.24. The molecule has 1 fully saturated rings. The minimum absolute atomic E-state index is 0.0102. The van der Waals surface area contributed by atoms with Gasteiger partial charge in [0, 0.05) is 24.5 Å². The molecule has 0 radical (unpaired) electrons. The summed E-state index contributed by atoms with van der Waals surface area (Å²) in [5, 5.41) is 10.0. The van der Waals surface area contributed by atoms with E-state index in [0.717, 1.165) is 25.0 Å². The lowest BCUT2D eigenvalue weighted by molar-refractivity contribution is 0.100. The average molecular weight is 385 g/mol. The first-order chi connectivity index (χ1) is 13.5. The predicted molar refractivity (Wildman–Crippen MR) is 98.0 cm³/mol. The smallest absolute Gasteiger partial charge is 0.254 e. The topological polar surface area (TPSA) is 111 Å². The number of aromatic nitrogens is 4. The van der Waals surface area contributed by atoms with Crippen LogP contribution in [0, 0.1) is 11.6 Å². The van der Waals surface area contributed by atoms with E-state index in [1.54, 1.807) is 6.20 Å². The predicted octanol–water partition coefficient (Wildman–Crippen LogP) is 2.74. The summed E-state index contributed by atoms with van der Waals surface area (Å²) in [6.07, 6.45) is 6.94. The van der Waals surface area contributed by atoms with E-state index in [9.17, 15) is 13.6 Å². The number of nitrogens with two attached hydrogens (primary N) is 1. The Morgan fingerprint density at radius 1 is 1.25 bits per heavy atom. The number of nitrogens with zero attached hydrogens (tertiary/aromatic N) is 4. The Morgan fingerprint density at radius 3 is 2.68 bits per heavy atom. The molecule has 144 valence electrons. The zero-order valence-electron chi connectivity index (χ0n) is 14.7. The molecule has 1 aromatic carbocycles. The fourth-order valence-electron chi connectivity index (χ4n) is 2.70. The molecule has 0 unspecified atom stereocenters. The van der Waals surface area contributed by atoms with Crippen molar-refractivity contribution in [2.24, 2.45) is 5.73 Å². The number of primary amides is 1. The Morgan fingerprint density at radius 2 is 2.00 bits per heavy atom. The molecule has 0 bridgehead atoms. The maximum absolute atomic E-state index is 13.8. The van der Waals surface area contributed by atoms with Crippen LogP contribution in [0.3, 0.4) is 0 Å². The number of nitrogens with one attached hydrogen (secondary N) is 2. The van der Waals surface area contributed by atoms with Crippen LogP contribution in [-0.2, 0) is 6.54 Å². The zero-order chi connectivity index (χ0) is 19.7. The monoisotopic (exact) mass is 385 g/mol. The molecule has 0 saturated heterocycles. The molecule has 8 nitrogen and oxygen atoms in total. The van der Waals surface area contributed by atoms with Crippen molar-refractivity contribution in [2.75, 3.05) is 10.6 Å². The fourth-order valence-corrected chi connectivity index (χ4v) is 2.70. The van der Waals surface area contributed by atoms with Crippen LogP contribution in [0.4, 0.5) is 26.2 Å². The molecule has 10 heteroatoms. The highest BCUT2D eigenvalue weighted by molar-refractivity contribution is 5.97. The number of rotatable bonds is 7. The number of anilines is 3. The van der Waals surface area contributed by atoms with Gasteiger partial charge in [-0.25, -0.2) is 13.8 Å². The van der Waals surface area contributed by atoms with Crippen molar-refractivity contribution in [3.63, 3.8) is 0 Å². The minimum Gasteiger partial charge on any atom is -0.365 e. The number of hydrogen-bond donors (Lipinski definition) is 3. The minimum atomic E-state index is -0.760. The lowest BCUT2D eigenvalue weighted by Crippen LogP contribution is -2.17. The second-order valence-corrected chi connectivity index (χ2v) is 6.44. The summed E-state index contributed by atoms with van der Waals surface area (Å²) < 4.78 is 29.5. The first kappa shape index (κ1) is 17.8. The Hall–Kier alpha value is -3.56. The SMILES string of the molecule is NC(=O)c1cnc(Nc2cnn(C3CC3)c2)nc1NCc1c(F)cccc1F. The van der Waals surface area contributed by atoms with Crippen molar-refractivity contribution in [1.82, 2.24) is 19.7 Å². The summed E-state index contributed by atoms with van der Waals surface area (Å²) in [6, 6.07) is 4.01. The van der Waals surface area contributed by atoms with Gasteiger partial charge in [-0.1, -0.05) is 6.07 Å². The molecular weight excluding hydrogens is 368 g/mol. The molecule has 28 heavy (non-hydrogen) atoms. The molecule has 1 amide bonds. The standard InChI is InChI=1S/C18H17F2N7O/c19-14-2-1-3-15(20)12(14)7-22-17-13(16(21)28)8-23-18(26-17)25-10-6-24-27(9-10)11-4-5-11/h1-3,6,8-9,11H,4-5,7H2,(H2,21,28)(H2,22,23,25,26). The molecule has 1 saturated carbocycles. The van der Waals surface area contributed by atoms with Crippen LogP contribution < -0.4 is 16.4 Å². The van der Waals surface area contributed by atoms with E-state index in [0.29, 0.717) is 11.7 Å². The van der Waals surface area contributed by atoms with Gasteiger partial charge in [-0.3, -0.25) is 9.48 Å². The first-order valence-corrected chi connectivity index (χ1v) is 8.66. The molecule has 1 aliphatic carbocycles. The van der Waals surface area contributed by atoms with Crippen molar-refractivity contribution < 1.29 is 13.6 Å². The number of benzene rings is 1. The van der Waals surface area contributed by atoms with E-state index in [1.807, 2.05) is 10.9 Å². The van der Waals surface area contributed by atoms with Gasteiger partial charge in [0.1, 0.15) is 17.5 Å². The van der Waals surface area contributed by atoms with Crippen LogP contribution in [-0.4, -0.2) is 25.7 Å². The van der Waals surface area contributed by atoms with Crippen molar-refractivity contribution in [2.45, 2.75) is 25.4 Å². The number of halogens is 2. The number of amides is 1. The van der Waals surface area contributed by atoms with E-state index in [2.05, 4.69) is 25.7 Å². The normalized spacial score (nSPS) is 13.4. The van der Waals surface area contributed by atoms with Crippen molar-refractivity contribution in [3.05, 3.63) is 59.6 Å².